The minimum Gasteiger partial charge on any atom is -0.354 e. The molecule has 0 fully saturated rings. The molecule has 1 aliphatic rings. The minimum atomic E-state index is 0.702. The summed E-state index contributed by atoms with van der Waals surface area (Å²) >= 11 is 0. The van der Waals surface area contributed by atoms with Crippen LogP contribution in [-0.4, -0.2) is 24.9 Å². The molecule has 23 heavy (non-hydrogen) atoms. The summed E-state index contributed by atoms with van der Waals surface area (Å²) < 4.78 is 0. The number of aromatic amines is 3. The molecule has 0 radical (unpaired) electrons. The van der Waals surface area contributed by atoms with E-state index in [0.717, 1.165) is 38.9 Å². The van der Waals surface area contributed by atoms with E-state index in [2.05, 4.69) is 49.2 Å². The zero-order valence-corrected chi connectivity index (χ0v) is 12.2. The summed E-state index contributed by atoms with van der Waals surface area (Å²) in [6.07, 6.45) is 3.88. The summed E-state index contributed by atoms with van der Waals surface area (Å²) in [7, 11) is 0. The maximum absolute atomic E-state index is 4.52. The Bertz CT molecular complexity index is 1170. The molecule has 5 nitrogen and oxygen atoms in total. The topological polar surface area (TPSA) is 73.2 Å². The van der Waals surface area contributed by atoms with Crippen LogP contribution in [0.25, 0.3) is 45.4 Å². The molecule has 110 valence electrons. The molecule has 0 aromatic carbocycles. The van der Waals surface area contributed by atoms with Crippen molar-refractivity contribution in [3.8, 4) is 0 Å². The van der Waals surface area contributed by atoms with E-state index in [9.17, 15) is 0 Å². The highest BCUT2D eigenvalue weighted by Crippen LogP contribution is 2.16. The number of fused-ring (bicyclic) bond motifs is 9. The van der Waals surface area contributed by atoms with Crippen molar-refractivity contribution in [2.45, 2.75) is 0 Å². The van der Waals surface area contributed by atoms with E-state index in [0.29, 0.717) is 5.82 Å². The molecule has 0 atom stereocenters. The SMILES string of the molecule is C1=Cc2nc1cc1ccc([nH]1)c1ccc(cc3ccc(n2)[nH]3)[nH]1. The summed E-state index contributed by atoms with van der Waals surface area (Å²) in [6, 6.07) is 16.3. The Kier molecular flexibility index (Phi) is 2.43. The Morgan fingerprint density at radius 3 is 2.13 bits per heavy atom. The number of nitrogens with one attached hydrogen (secondary N) is 3. The van der Waals surface area contributed by atoms with Gasteiger partial charge in [0.2, 0.25) is 0 Å². The van der Waals surface area contributed by atoms with Crippen LogP contribution in [0, 0.1) is 0 Å². The lowest BCUT2D eigenvalue weighted by Gasteiger charge is -1.84. The molecule has 0 amide bonds. The van der Waals surface area contributed by atoms with Crippen molar-refractivity contribution in [1.29, 1.82) is 0 Å². The maximum Gasteiger partial charge on any atom is 0.154 e. The van der Waals surface area contributed by atoms with E-state index >= 15 is 0 Å². The van der Waals surface area contributed by atoms with Gasteiger partial charge in [0.15, 0.2) is 5.82 Å². The Hall–Kier alpha value is -3.34. The van der Waals surface area contributed by atoms with E-state index in [1.54, 1.807) is 0 Å². The van der Waals surface area contributed by atoms with Gasteiger partial charge in [0.25, 0.3) is 0 Å². The molecule has 0 saturated carbocycles. The summed E-state index contributed by atoms with van der Waals surface area (Å²) in [5, 5.41) is 0. The van der Waals surface area contributed by atoms with Crippen LogP contribution in [0.15, 0.2) is 48.5 Å². The van der Waals surface area contributed by atoms with Crippen molar-refractivity contribution in [3.05, 3.63) is 60.0 Å². The second-order valence-electron chi connectivity index (χ2n) is 5.58. The molecule has 5 rings (SSSR count). The monoisotopic (exact) mass is 299 g/mol. The average molecular weight is 299 g/mol. The van der Waals surface area contributed by atoms with Crippen molar-refractivity contribution in [1.82, 2.24) is 24.9 Å². The summed E-state index contributed by atoms with van der Waals surface area (Å²) in [6.45, 7) is 0. The van der Waals surface area contributed by atoms with Gasteiger partial charge in [-0.15, -0.1) is 0 Å². The smallest absolute Gasteiger partial charge is 0.154 e. The Balaban J connectivity index is 1.93. The van der Waals surface area contributed by atoms with Crippen molar-refractivity contribution < 1.29 is 0 Å². The molecule has 4 aromatic heterocycles. The molecule has 5 heterocycles. The van der Waals surface area contributed by atoms with Crippen LogP contribution in [0.2, 0.25) is 0 Å². The van der Waals surface area contributed by atoms with Crippen LogP contribution in [0.1, 0.15) is 11.5 Å². The van der Waals surface area contributed by atoms with Crippen LogP contribution in [0.5, 0.6) is 0 Å². The van der Waals surface area contributed by atoms with E-state index < -0.39 is 0 Å². The number of H-pyrrole nitrogens is 3. The predicted octanol–water partition coefficient (Wildman–Crippen LogP) is 4.09. The summed E-state index contributed by atoms with van der Waals surface area (Å²) in [5.41, 5.74) is 6.84. The summed E-state index contributed by atoms with van der Waals surface area (Å²) in [5.74, 6) is 0.702. The van der Waals surface area contributed by atoms with Crippen molar-refractivity contribution >= 4 is 45.4 Å². The van der Waals surface area contributed by atoms with E-state index in [-0.39, 0.29) is 0 Å². The first-order valence-electron chi connectivity index (χ1n) is 7.44. The molecule has 8 bridgehead atoms. The highest BCUT2D eigenvalue weighted by Gasteiger charge is 2.00. The summed E-state index contributed by atoms with van der Waals surface area (Å²) in [4.78, 5) is 19.1. The minimum absolute atomic E-state index is 0.702. The van der Waals surface area contributed by atoms with Crippen molar-refractivity contribution in [2.75, 3.05) is 0 Å². The Labute approximate surface area is 131 Å². The molecule has 0 saturated heterocycles. The molecule has 4 aromatic rings. The number of aromatic nitrogens is 5. The normalized spacial score (nSPS) is 12.2. The fourth-order valence-corrected chi connectivity index (χ4v) is 2.82. The first-order valence-corrected chi connectivity index (χ1v) is 7.44. The highest BCUT2D eigenvalue weighted by molar-refractivity contribution is 5.81. The standard InChI is InChI=1S/C18H13N5/c1-5-15-16-6-2-12(20-16)10-14-4-8-18(22-14)23-17-7-3-13(21-17)9-11(1)19-15/h1-10,19-20H,(H,21,22,23). The molecule has 0 spiro atoms. The second kappa shape index (κ2) is 4.58. The zero-order chi connectivity index (χ0) is 15.2. The number of hydrogen-bond acceptors (Lipinski definition) is 2. The van der Waals surface area contributed by atoms with Crippen LogP contribution >= 0.6 is 0 Å². The van der Waals surface area contributed by atoms with Gasteiger partial charge in [-0.2, -0.15) is 0 Å². The average Bonchev–Trinajstić information content (AvgIpc) is 3.28. The molecule has 0 aliphatic carbocycles. The van der Waals surface area contributed by atoms with Gasteiger partial charge < -0.3 is 15.0 Å². The third-order valence-corrected chi connectivity index (χ3v) is 3.90. The van der Waals surface area contributed by atoms with Crippen molar-refractivity contribution in [3.63, 3.8) is 0 Å². The number of nitrogens with zero attached hydrogens (tertiary/aromatic N) is 2. The van der Waals surface area contributed by atoms with Gasteiger partial charge >= 0.3 is 0 Å². The first kappa shape index (κ1) is 12.2. The van der Waals surface area contributed by atoms with Crippen LogP contribution < -0.4 is 0 Å². The zero-order valence-electron chi connectivity index (χ0n) is 12.2. The quantitative estimate of drug-likeness (QED) is 0.403. The van der Waals surface area contributed by atoms with Gasteiger partial charge in [0.05, 0.1) is 16.7 Å². The van der Waals surface area contributed by atoms with Gasteiger partial charge in [-0.05, 0) is 60.7 Å². The lowest BCUT2D eigenvalue weighted by molar-refractivity contribution is 1.19. The maximum atomic E-state index is 4.52. The predicted molar refractivity (Wildman–Crippen MR) is 93.0 cm³/mol. The van der Waals surface area contributed by atoms with Crippen LogP contribution in [0.3, 0.4) is 0 Å². The first-order chi connectivity index (χ1) is 11.3. The van der Waals surface area contributed by atoms with Gasteiger partial charge in [-0.1, -0.05) is 0 Å². The lowest BCUT2D eigenvalue weighted by atomic mass is 10.4. The van der Waals surface area contributed by atoms with E-state index in [1.807, 2.05) is 36.4 Å². The molecule has 3 N–H and O–H groups in total. The third-order valence-electron chi connectivity index (χ3n) is 3.90. The Morgan fingerprint density at radius 2 is 1.30 bits per heavy atom. The van der Waals surface area contributed by atoms with Crippen LogP contribution in [0.4, 0.5) is 0 Å². The molecular formula is C18H13N5. The van der Waals surface area contributed by atoms with Gasteiger partial charge in [-0.3, -0.25) is 0 Å². The largest absolute Gasteiger partial charge is 0.354 e. The molecule has 1 aliphatic heterocycles. The number of hydrogen-bond donors (Lipinski definition) is 3. The van der Waals surface area contributed by atoms with E-state index in [1.165, 1.54) is 0 Å². The van der Waals surface area contributed by atoms with Crippen molar-refractivity contribution in [2.24, 2.45) is 0 Å². The van der Waals surface area contributed by atoms with Crippen LogP contribution in [-0.2, 0) is 0 Å². The lowest BCUT2D eigenvalue weighted by Crippen LogP contribution is -1.79. The highest BCUT2D eigenvalue weighted by atomic mass is 14.9. The fourth-order valence-electron chi connectivity index (χ4n) is 2.82. The fraction of sp³-hybridized carbons (Fsp3) is 0. The second-order valence-corrected chi connectivity index (χ2v) is 5.58. The molecule has 0 unspecified atom stereocenters. The van der Waals surface area contributed by atoms with Gasteiger partial charge in [0.1, 0.15) is 5.65 Å². The number of rotatable bonds is 0. The third kappa shape index (κ3) is 2.19. The van der Waals surface area contributed by atoms with E-state index in [4.69, 9.17) is 0 Å². The Morgan fingerprint density at radius 1 is 0.609 bits per heavy atom. The van der Waals surface area contributed by atoms with Gasteiger partial charge in [-0.25, -0.2) is 9.97 Å². The van der Waals surface area contributed by atoms with Gasteiger partial charge in [0, 0.05) is 16.6 Å². The molecular weight excluding hydrogens is 286 g/mol. The molecule has 5 heteroatoms.